The molecule has 1 rings (SSSR count). The van der Waals surface area contributed by atoms with E-state index in [0.717, 1.165) is 12.8 Å². The Morgan fingerprint density at radius 2 is 2.37 bits per heavy atom. The van der Waals surface area contributed by atoms with Gasteiger partial charge >= 0.3 is 0 Å². The van der Waals surface area contributed by atoms with E-state index >= 15 is 0 Å². The van der Waals surface area contributed by atoms with Crippen LogP contribution in [-0.4, -0.2) is 46.9 Å². The molecule has 0 aromatic carbocycles. The number of aliphatic hydroxyl groups excluding tert-OH is 1. The summed E-state index contributed by atoms with van der Waals surface area (Å²) in [5.41, 5.74) is 0. The van der Waals surface area contributed by atoms with E-state index in [9.17, 15) is 4.79 Å². The van der Waals surface area contributed by atoms with Gasteiger partial charge in [-0.15, -0.1) is 0 Å². The van der Waals surface area contributed by atoms with Crippen LogP contribution in [0.3, 0.4) is 0 Å². The van der Waals surface area contributed by atoms with Crippen molar-refractivity contribution in [1.29, 1.82) is 0 Å². The summed E-state index contributed by atoms with van der Waals surface area (Å²) in [5.74, 6) is -0.0803. The van der Waals surface area contributed by atoms with Crippen molar-refractivity contribution in [1.82, 2.24) is 14.9 Å². The number of carbonyl (C=O) groups excluding carboxylic acids is 1. The first kappa shape index (κ1) is 15.7. The number of methoxy groups -OCH3 is 1. The van der Waals surface area contributed by atoms with Gasteiger partial charge in [0, 0.05) is 32.0 Å². The standard InChI is InChI=1S/C13H23N3O3/c1-3-4-12(16-6-5-14-10-16)7-13(18)15-11(8-17)9-19-2/h5-6,10-12,17H,3-4,7-9H2,1-2H3,(H,15,18). The van der Waals surface area contributed by atoms with E-state index in [-0.39, 0.29) is 24.6 Å². The fourth-order valence-electron chi connectivity index (χ4n) is 2.02. The van der Waals surface area contributed by atoms with Gasteiger partial charge in [-0.05, 0) is 6.42 Å². The van der Waals surface area contributed by atoms with Crippen LogP contribution in [0.15, 0.2) is 18.7 Å². The Morgan fingerprint density at radius 3 is 2.89 bits per heavy atom. The highest BCUT2D eigenvalue weighted by Crippen LogP contribution is 2.17. The summed E-state index contributed by atoms with van der Waals surface area (Å²) in [6.45, 7) is 2.28. The van der Waals surface area contributed by atoms with E-state index in [2.05, 4.69) is 17.2 Å². The monoisotopic (exact) mass is 269 g/mol. The number of hydrogen-bond donors (Lipinski definition) is 2. The van der Waals surface area contributed by atoms with E-state index < -0.39 is 0 Å². The number of amides is 1. The van der Waals surface area contributed by atoms with Crippen LogP contribution in [-0.2, 0) is 9.53 Å². The van der Waals surface area contributed by atoms with Crippen LogP contribution in [0.25, 0.3) is 0 Å². The molecule has 1 aromatic heterocycles. The van der Waals surface area contributed by atoms with Crippen LogP contribution >= 0.6 is 0 Å². The molecule has 0 aliphatic carbocycles. The Bertz CT molecular complexity index is 354. The predicted octanol–water partition coefficient (Wildman–Crippen LogP) is 0.738. The minimum Gasteiger partial charge on any atom is -0.394 e. The molecule has 0 aliphatic heterocycles. The highest BCUT2D eigenvalue weighted by molar-refractivity contribution is 5.76. The number of hydrogen-bond acceptors (Lipinski definition) is 4. The summed E-state index contributed by atoms with van der Waals surface area (Å²) in [4.78, 5) is 16.0. The molecule has 2 unspecified atom stereocenters. The molecular weight excluding hydrogens is 246 g/mol. The SMILES string of the molecule is CCCC(CC(=O)NC(CO)COC)n1ccnc1. The smallest absolute Gasteiger partial charge is 0.222 e. The van der Waals surface area contributed by atoms with Crippen LogP contribution < -0.4 is 5.32 Å². The first-order chi connectivity index (χ1) is 9.21. The van der Waals surface area contributed by atoms with Crippen molar-refractivity contribution >= 4 is 5.91 Å². The second-order valence-corrected chi connectivity index (χ2v) is 4.56. The largest absolute Gasteiger partial charge is 0.394 e. The van der Waals surface area contributed by atoms with E-state index in [1.165, 1.54) is 0 Å². The van der Waals surface area contributed by atoms with Crippen LogP contribution in [0.5, 0.6) is 0 Å². The molecular formula is C13H23N3O3. The predicted molar refractivity (Wildman–Crippen MR) is 71.7 cm³/mol. The third kappa shape index (κ3) is 5.40. The first-order valence-electron chi connectivity index (χ1n) is 6.57. The van der Waals surface area contributed by atoms with E-state index in [0.29, 0.717) is 13.0 Å². The molecule has 0 spiro atoms. The van der Waals surface area contributed by atoms with Crippen LogP contribution in [0.1, 0.15) is 32.2 Å². The van der Waals surface area contributed by atoms with Gasteiger partial charge in [-0.1, -0.05) is 13.3 Å². The summed E-state index contributed by atoms with van der Waals surface area (Å²) >= 11 is 0. The van der Waals surface area contributed by atoms with Crippen molar-refractivity contribution in [3.63, 3.8) is 0 Å². The van der Waals surface area contributed by atoms with Gasteiger partial charge in [0.15, 0.2) is 0 Å². The molecule has 0 saturated carbocycles. The minimum absolute atomic E-state index is 0.0803. The maximum Gasteiger partial charge on any atom is 0.222 e. The van der Waals surface area contributed by atoms with Crippen molar-refractivity contribution in [2.75, 3.05) is 20.3 Å². The van der Waals surface area contributed by atoms with Gasteiger partial charge in [0.05, 0.1) is 25.6 Å². The van der Waals surface area contributed by atoms with Gasteiger partial charge in [0.1, 0.15) is 0 Å². The zero-order chi connectivity index (χ0) is 14.1. The van der Waals surface area contributed by atoms with Crippen molar-refractivity contribution in [3.05, 3.63) is 18.7 Å². The molecule has 2 atom stereocenters. The van der Waals surface area contributed by atoms with Gasteiger partial charge in [-0.2, -0.15) is 0 Å². The molecule has 6 nitrogen and oxygen atoms in total. The van der Waals surface area contributed by atoms with Gasteiger partial charge in [-0.3, -0.25) is 4.79 Å². The lowest BCUT2D eigenvalue weighted by Crippen LogP contribution is -2.41. The third-order valence-corrected chi connectivity index (χ3v) is 2.94. The molecule has 1 amide bonds. The molecule has 6 heteroatoms. The molecule has 1 heterocycles. The lowest BCUT2D eigenvalue weighted by Gasteiger charge is -2.20. The average molecular weight is 269 g/mol. The summed E-state index contributed by atoms with van der Waals surface area (Å²) in [5, 5.41) is 11.9. The maximum absolute atomic E-state index is 12.0. The number of imidazole rings is 1. The van der Waals surface area contributed by atoms with Crippen molar-refractivity contribution in [2.24, 2.45) is 0 Å². The molecule has 0 bridgehead atoms. The molecule has 0 aliphatic rings. The van der Waals surface area contributed by atoms with Gasteiger partial charge in [0.25, 0.3) is 0 Å². The fourth-order valence-corrected chi connectivity index (χ4v) is 2.02. The second kappa shape index (κ2) is 8.66. The zero-order valence-corrected chi connectivity index (χ0v) is 11.6. The number of nitrogens with one attached hydrogen (secondary N) is 1. The summed E-state index contributed by atoms with van der Waals surface area (Å²) in [7, 11) is 1.54. The molecule has 0 fully saturated rings. The van der Waals surface area contributed by atoms with Gasteiger partial charge in [0.2, 0.25) is 5.91 Å². The zero-order valence-electron chi connectivity index (χ0n) is 11.6. The summed E-state index contributed by atoms with van der Waals surface area (Å²) < 4.78 is 6.88. The van der Waals surface area contributed by atoms with Crippen molar-refractivity contribution in [3.8, 4) is 0 Å². The van der Waals surface area contributed by atoms with Gasteiger partial charge < -0.3 is 19.7 Å². The molecule has 0 saturated heterocycles. The number of nitrogens with zero attached hydrogens (tertiary/aromatic N) is 2. The molecule has 0 radical (unpaired) electrons. The highest BCUT2D eigenvalue weighted by atomic mass is 16.5. The maximum atomic E-state index is 12.0. The number of ether oxygens (including phenoxy) is 1. The lowest BCUT2D eigenvalue weighted by molar-refractivity contribution is -0.123. The van der Waals surface area contributed by atoms with Crippen LogP contribution in [0.2, 0.25) is 0 Å². The second-order valence-electron chi connectivity index (χ2n) is 4.56. The Hall–Kier alpha value is -1.40. The van der Waals surface area contributed by atoms with E-state index in [1.54, 1.807) is 19.6 Å². The molecule has 108 valence electrons. The molecule has 19 heavy (non-hydrogen) atoms. The van der Waals surface area contributed by atoms with E-state index in [4.69, 9.17) is 9.84 Å². The van der Waals surface area contributed by atoms with Crippen molar-refractivity contribution in [2.45, 2.75) is 38.3 Å². The van der Waals surface area contributed by atoms with E-state index in [1.807, 2.05) is 10.8 Å². The Labute approximate surface area is 113 Å². The quantitative estimate of drug-likeness (QED) is 0.693. The Morgan fingerprint density at radius 1 is 1.58 bits per heavy atom. The highest BCUT2D eigenvalue weighted by Gasteiger charge is 2.17. The fraction of sp³-hybridized carbons (Fsp3) is 0.692. The average Bonchev–Trinajstić information content (AvgIpc) is 2.91. The first-order valence-corrected chi connectivity index (χ1v) is 6.57. The number of aliphatic hydroxyl groups is 1. The van der Waals surface area contributed by atoms with Crippen molar-refractivity contribution < 1.29 is 14.6 Å². The number of carbonyl (C=O) groups is 1. The van der Waals surface area contributed by atoms with Gasteiger partial charge in [-0.25, -0.2) is 4.98 Å². The lowest BCUT2D eigenvalue weighted by atomic mass is 10.1. The Balaban J connectivity index is 2.52. The summed E-state index contributed by atoms with van der Waals surface area (Å²) in [6.07, 6.45) is 7.60. The Kier molecular flexibility index (Phi) is 7.14. The number of aromatic nitrogens is 2. The normalized spacial score (nSPS) is 14.1. The topological polar surface area (TPSA) is 76.4 Å². The van der Waals surface area contributed by atoms with Crippen LogP contribution in [0.4, 0.5) is 0 Å². The minimum atomic E-state index is -0.345. The molecule has 1 aromatic rings. The third-order valence-electron chi connectivity index (χ3n) is 2.94. The summed E-state index contributed by atoms with van der Waals surface area (Å²) in [6, 6.07) is -0.239. The molecule has 2 N–H and O–H groups in total. The number of rotatable bonds is 9. The van der Waals surface area contributed by atoms with Crippen LogP contribution in [0, 0.1) is 0 Å².